The number of aromatic nitrogens is 1. The average molecular weight is 327 g/mol. The van der Waals surface area contributed by atoms with Gasteiger partial charge in [0, 0.05) is 6.20 Å². The van der Waals surface area contributed by atoms with E-state index in [2.05, 4.69) is 30.1 Å². The largest absolute Gasteiger partial charge is 0.494 e. The number of pyridine rings is 1. The number of halogens is 1. The molecule has 0 unspecified atom stereocenters. The van der Waals surface area contributed by atoms with E-state index in [9.17, 15) is 4.39 Å². The Labute approximate surface area is 144 Å². The summed E-state index contributed by atoms with van der Waals surface area (Å²) in [7, 11) is 0. The van der Waals surface area contributed by atoms with Crippen molar-refractivity contribution in [2.75, 3.05) is 6.61 Å². The van der Waals surface area contributed by atoms with Crippen LogP contribution in [0.5, 0.6) is 5.75 Å². The number of hydrogen-bond acceptors (Lipinski definition) is 2. The van der Waals surface area contributed by atoms with Crippen molar-refractivity contribution in [3.8, 4) is 5.75 Å². The van der Waals surface area contributed by atoms with E-state index in [0.29, 0.717) is 18.4 Å². The second kappa shape index (κ2) is 7.78. The van der Waals surface area contributed by atoms with Crippen LogP contribution >= 0.6 is 0 Å². The summed E-state index contributed by atoms with van der Waals surface area (Å²) in [5.74, 6) is 2.36. The molecular formula is C21H26FNO. The second-order valence-corrected chi connectivity index (χ2v) is 6.93. The Balaban J connectivity index is 1.58. The van der Waals surface area contributed by atoms with Crippen LogP contribution in [0, 0.1) is 11.9 Å². The quantitative estimate of drug-likeness (QED) is 0.635. The highest BCUT2D eigenvalue weighted by Gasteiger charge is 2.27. The lowest BCUT2D eigenvalue weighted by atomic mass is 9.88. The lowest BCUT2D eigenvalue weighted by Gasteiger charge is -2.18. The summed E-state index contributed by atoms with van der Waals surface area (Å²) in [5.41, 5.74) is 2.54. The zero-order valence-electron chi connectivity index (χ0n) is 14.5. The van der Waals surface area contributed by atoms with Crippen LogP contribution < -0.4 is 4.74 Å². The number of nitrogens with zero attached hydrogens (tertiary/aromatic N) is 1. The summed E-state index contributed by atoms with van der Waals surface area (Å²) >= 11 is 0. The predicted octanol–water partition coefficient (Wildman–Crippen LogP) is 5.70. The lowest BCUT2D eigenvalue weighted by molar-refractivity contribution is 0.339. The summed E-state index contributed by atoms with van der Waals surface area (Å²) in [5, 5.41) is 0. The Morgan fingerprint density at radius 2 is 2.12 bits per heavy atom. The van der Waals surface area contributed by atoms with Gasteiger partial charge in [-0.05, 0) is 79.7 Å². The van der Waals surface area contributed by atoms with Gasteiger partial charge < -0.3 is 4.74 Å². The lowest BCUT2D eigenvalue weighted by Crippen LogP contribution is -2.03. The molecule has 3 heteroatoms. The Morgan fingerprint density at radius 3 is 2.88 bits per heavy atom. The first kappa shape index (κ1) is 16.9. The molecule has 1 fully saturated rings. The van der Waals surface area contributed by atoms with Gasteiger partial charge in [-0.25, -0.2) is 4.98 Å². The molecule has 0 aliphatic heterocycles. The SMILES string of the molecule is CCOc1cccc([C@@H](C)C[C@H]2CC[C@@H](c3ccc(F)nc3)C2)c1. The summed E-state index contributed by atoms with van der Waals surface area (Å²) < 4.78 is 18.6. The molecular weight excluding hydrogens is 301 g/mol. The molecule has 24 heavy (non-hydrogen) atoms. The molecule has 2 aromatic rings. The molecule has 1 aliphatic carbocycles. The van der Waals surface area contributed by atoms with E-state index in [-0.39, 0.29) is 0 Å². The van der Waals surface area contributed by atoms with Gasteiger partial charge in [0.25, 0.3) is 0 Å². The summed E-state index contributed by atoms with van der Waals surface area (Å²) in [4.78, 5) is 3.80. The van der Waals surface area contributed by atoms with Crippen LogP contribution in [0.25, 0.3) is 0 Å². The molecule has 3 atom stereocenters. The number of hydrogen-bond donors (Lipinski definition) is 0. The minimum atomic E-state index is -0.393. The first-order valence-corrected chi connectivity index (χ1v) is 9.00. The minimum absolute atomic E-state index is 0.393. The maximum Gasteiger partial charge on any atom is 0.212 e. The van der Waals surface area contributed by atoms with Gasteiger partial charge in [0.2, 0.25) is 5.95 Å². The van der Waals surface area contributed by atoms with Crippen molar-refractivity contribution in [2.45, 2.75) is 51.4 Å². The molecule has 1 aromatic carbocycles. The normalized spacial score (nSPS) is 21.6. The van der Waals surface area contributed by atoms with Gasteiger partial charge >= 0.3 is 0 Å². The highest BCUT2D eigenvalue weighted by Crippen LogP contribution is 2.42. The monoisotopic (exact) mass is 327 g/mol. The fourth-order valence-electron chi connectivity index (χ4n) is 3.93. The maximum atomic E-state index is 13.0. The molecule has 0 spiro atoms. The van der Waals surface area contributed by atoms with E-state index in [1.165, 1.54) is 42.9 Å². The highest BCUT2D eigenvalue weighted by molar-refractivity contribution is 5.30. The highest BCUT2D eigenvalue weighted by atomic mass is 19.1. The molecule has 0 saturated heterocycles. The molecule has 1 heterocycles. The molecule has 0 N–H and O–H groups in total. The van der Waals surface area contributed by atoms with E-state index < -0.39 is 5.95 Å². The fraction of sp³-hybridized carbons (Fsp3) is 0.476. The van der Waals surface area contributed by atoms with Crippen LogP contribution in [0.4, 0.5) is 4.39 Å². The summed E-state index contributed by atoms with van der Waals surface area (Å²) in [6.07, 6.45) is 6.52. The zero-order chi connectivity index (χ0) is 16.9. The number of benzene rings is 1. The molecule has 1 aromatic heterocycles. The molecule has 0 bridgehead atoms. The molecule has 128 valence electrons. The Kier molecular flexibility index (Phi) is 5.49. The van der Waals surface area contributed by atoms with Gasteiger partial charge in [-0.15, -0.1) is 0 Å². The third-order valence-electron chi connectivity index (χ3n) is 5.19. The van der Waals surface area contributed by atoms with E-state index in [1.54, 1.807) is 6.20 Å². The van der Waals surface area contributed by atoms with E-state index in [4.69, 9.17) is 4.74 Å². The predicted molar refractivity (Wildman–Crippen MR) is 94.9 cm³/mol. The van der Waals surface area contributed by atoms with Gasteiger partial charge in [-0.1, -0.05) is 25.1 Å². The van der Waals surface area contributed by atoms with Crippen LogP contribution in [0.1, 0.15) is 62.5 Å². The van der Waals surface area contributed by atoms with Gasteiger partial charge in [0.1, 0.15) is 5.75 Å². The second-order valence-electron chi connectivity index (χ2n) is 6.93. The smallest absolute Gasteiger partial charge is 0.212 e. The molecule has 0 radical (unpaired) electrons. The van der Waals surface area contributed by atoms with E-state index in [0.717, 1.165) is 11.7 Å². The van der Waals surface area contributed by atoms with E-state index in [1.807, 2.05) is 19.1 Å². The van der Waals surface area contributed by atoms with Crippen molar-refractivity contribution >= 4 is 0 Å². The van der Waals surface area contributed by atoms with Crippen molar-refractivity contribution in [1.82, 2.24) is 4.98 Å². The van der Waals surface area contributed by atoms with Crippen LogP contribution in [-0.4, -0.2) is 11.6 Å². The Morgan fingerprint density at radius 1 is 1.25 bits per heavy atom. The first-order valence-electron chi connectivity index (χ1n) is 9.00. The van der Waals surface area contributed by atoms with Gasteiger partial charge in [-0.2, -0.15) is 4.39 Å². The minimum Gasteiger partial charge on any atom is -0.494 e. The van der Waals surface area contributed by atoms with E-state index >= 15 is 0 Å². The topological polar surface area (TPSA) is 22.1 Å². The Bertz CT molecular complexity index is 655. The molecule has 2 nitrogen and oxygen atoms in total. The molecule has 0 amide bonds. The van der Waals surface area contributed by atoms with Crippen LogP contribution in [0.2, 0.25) is 0 Å². The summed E-state index contributed by atoms with van der Waals surface area (Å²) in [6.45, 7) is 5.02. The van der Waals surface area contributed by atoms with Crippen molar-refractivity contribution in [3.63, 3.8) is 0 Å². The summed E-state index contributed by atoms with van der Waals surface area (Å²) in [6, 6.07) is 11.8. The fourth-order valence-corrected chi connectivity index (χ4v) is 3.93. The third kappa shape index (κ3) is 4.14. The maximum absolute atomic E-state index is 13.0. The van der Waals surface area contributed by atoms with Gasteiger partial charge in [-0.3, -0.25) is 0 Å². The van der Waals surface area contributed by atoms with Gasteiger partial charge in [0.05, 0.1) is 6.61 Å². The zero-order valence-corrected chi connectivity index (χ0v) is 14.5. The van der Waals surface area contributed by atoms with Crippen molar-refractivity contribution in [3.05, 3.63) is 59.7 Å². The molecule has 3 rings (SSSR count). The van der Waals surface area contributed by atoms with Crippen LogP contribution in [0.15, 0.2) is 42.6 Å². The van der Waals surface area contributed by atoms with Crippen molar-refractivity contribution in [1.29, 1.82) is 0 Å². The third-order valence-corrected chi connectivity index (χ3v) is 5.19. The molecule has 1 saturated carbocycles. The first-order chi connectivity index (χ1) is 11.7. The number of rotatable bonds is 6. The van der Waals surface area contributed by atoms with Crippen molar-refractivity contribution < 1.29 is 9.13 Å². The standard InChI is InChI=1S/C21H26FNO/c1-3-24-20-6-4-5-17(13-20)15(2)11-16-7-8-18(12-16)19-9-10-21(22)23-14-19/h4-6,9-10,13-16,18H,3,7-8,11-12H2,1-2H3/t15-,16+,18+/m0/s1. The Hall–Kier alpha value is -1.90. The van der Waals surface area contributed by atoms with Crippen LogP contribution in [0.3, 0.4) is 0 Å². The van der Waals surface area contributed by atoms with Gasteiger partial charge in [0.15, 0.2) is 0 Å². The van der Waals surface area contributed by atoms with Crippen LogP contribution in [-0.2, 0) is 0 Å². The molecule has 1 aliphatic rings. The van der Waals surface area contributed by atoms with Crippen molar-refractivity contribution in [2.24, 2.45) is 5.92 Å². The number of ether oxygens (including phenoxy) is 1. The average Bonchev–Trinajstić information content (AvgIpc) is 3.04.